The maximum absolute atomic E-state index is 12.7. The minimum absolute atomic E-state index is 0.344. The summed E-state index contributed by atoms with van der Waals surface area (Å²) in [6.07, 6.45) is 3.30. The number of ether oxygens (including phenoxy) is 2. The van der Waals surface area contributed by atoms with Crippen LogP contribution >= 0.6 is 0 Å². The second-order valence-electron chi connectivity index (χ2n) is 7.78. The highest BCUT2D eigenvalue weighted by molar-refractivity contribution is 6.21. The fourth-order valence-corrected chi connectivity index (χ4v) is 4.01. The molecule has 0 spiro atoms. The average Bonchev–Trinajstić information content (AvgIpc) is 3.42. The van der Waals surface area contributed by atoms with E-state index in [0.29, 0.717) is 47.1 Å². The summed E-state index contributed by atoms with van der Waals surface area (Å²) in [4.78, 5) is 25.4. The second kappa shape index (κ2) is 8.00. The molecule has 0 unspecified atom stereocenters. The average molecular weight is 450 g/mol. The number of hydrazone groups is 1. The van der Waals surface area contributed by atoms with E-state index in [0.717, 1.165) is 16.3 Å². The fourth-order valence-electron chi connectivity index (χ4n) is 4.01. The van der Waals surface area contributed by atoms with Gasteiger partial charge in [0.2, 0.25) is 0 Å². The van der Waals surface area contributed by atoms with Gasteiger partial charge >= 0.3 is 0 Å². The molecule has 1 aromatic heterocycles. The van der Waals surface area contributed by atoms with Crippen molar-refractivity contribution in [3.8, 4) is 28.4 Å². The number of aromatic nitrogens is 2. The van der Waals surface area contributed by atoms with Crippen LogP contribution in [0.4, 0.5) is 0 Å². The van der Waals surface area contributed by atoms with Crippen molar-refractivity contribution < 1.29 is 19.1 Å². The van der Waals surface area contributed by atoms with Crippen LogP contribution in [0.2, 0.25) is 0 Å². The Morgan fingerprint density at radius 1 is 0.824 bits per heavy atom. The Kier molecular flexibility index (Phi) is 4.69. The molecular formula is C26H18N4O4. The van der Waals surface area contributed by atoms with E-state index in [9.17, 15) is 9.59 Å². The Bertz CT molecular complexity index is 1420. The lowest BCUT2D eigenvalue weighted by Crippen LogP contribution is -2.24. The molecule has 2 aliphatic rings. The summed E-state index contributed by atoms with van der Waals surface area (Å²) in [5, 5.41) is 9.90. The Morgan fingerprint density at radius 3 is 2.24 bits per heavy atom. The summed E-state index contributed by atoms with van der Waals surface area (Å²) in [5.41, 5.74) is 3.61. The van der Waals surface area contributed by atoms with Crippen LogP contribution < -0.4 is 9.47 Å². The van der Waals surface area contributed by atoms with E-state index in [1.807, 2.05) is 54.7 Å². The first-order valence-corrected chi connectivity index (χ1v) is 10.8. The lowest BCUT2D eigenvalue weighted by atomic mass is 10.1. The smallest absolute Gasteiger partial charge is 0.282 e. The molecule has 34 heavy (non-hydrogen) atoms. The number of rotatable bonds is 4. The molecule has 6 rings (SSSR count). The van der Waals surface area contributed by atoms with Gasteiger partial charge in [0.05, 0.1) is 23.0 Å². The Morgan fingerprint density at radius 2 is 1.50 bits per heavy atom. The molecular weight excluding hydrogens is 432 g/mol. The molecule has 4 aromatic rings. The van der Waals surface area contributed by atoms with Crippen LogP contribution in [-0.2, 0) is 0 Å². The number of imide groups is 1. The SMILES string of the molecule is O=C1c2ccccc2C(=O)N1/N=C/c1cn(-c2ccccc2)nc1-c1ccc2c(c1)OCCO2. The van der Waals surface area contributed by atoms with Gasteiger partial charge in [0.1, 0.15) is 18.9 Å². The van der Waals surface area contributed by atoms with Gasteiger partial charge in [-0.25, -0.2) is 4.68 Å². The van der Waals surface area contributed by atoms with Crippen molar-refractivity contribution in [2.75, 3.05) is 13.2 Å². The molecule has 0 saturated carbocycles. The predicted molar refractivity (Wildman–Crippen MR) is 125 cm³/mol. The van der Waals surface area contributed by atoms with Crippen molar-refractivity contribution in [2.45, 2.75) is 0 Å². The van der Waals surface area contributed by atoms with E-state index in [2.05, 4.69) is 5.10 Å². The molecule has 8 heteroatoms. The normalized spacial score (nSPS) is 14.6. The van der Waals surface area contributed by atoms with Crippen LogP contribution in [0.25, 0.3) is 16.9 Å². The highest BCUT2D eigenvalue weighted by Gasteiger charge is 2.35. The van der Waals surface area contributed by atoms with Crippen LogP contribution in [0.15, 0.2) is 84.1 Å². The third kappa shape index (κ3) is 3.32. The minimum atomic E-state index is -0.451. The number of carbonyl (C=O) groups excluding carboxylic acids is 2. The summed E-state index contributed by atoms with van der Waals surface area (Å²) >= 11 is 0. The monoisotopic (exact) mass is 450 g/mol. The topological polar surface area (TPSA) is 86.0 Å². The highest BCUT2D eigenvalue weighted by Crippen LogP contribution is 2.35. The lowest BCUT2D eigenvalue weighted by Gasteiger charge is -2.18. The van der Waals surface area contributed by atoms with Crippen LogP contribution in [0.1, 0.15) is 26.3 Å². The van der Waals surface area contributed by atoms with Gasteiger partial charge in [-0.2, -0.15) is 15.2 Å². The van der Waals surface area contributed by atoms with Crippen molar-refractivity contribution in [1.82, 2.24) is 14.8 Å². The number of benzene rings is 3. The molecule has 0 saturated heterocycles. The molecule has 3 heterocycles. The third-order valence-electron chi connectivity index (χ3n) is 5.66. The van der Waals surface area contributed by atoms with Crippen molar-refractivity contribution in [3.63, 3.8) is 0 Å². The molecule has 166 valence electrons. The number of fused-ring (bicyclic) bond motifs is 2. The minimum Gasteiger partial charge on any atom is -0.486 e. The number of hydrogen-bond acceptors (Lipinski definition) is 6. The van der Waals surface area contributed by atoms with E-state index < -0.39 is 11.8 Å². The number of para-hydroxylation sites is 1. The molecule has 0 atom stereocenters. The van der Waals surface area contributed by atoms with Gasteiger partial charge in [0.15, 0.2) is 11.5 Å². The van der Waals surface area contributed by atoms with Gasteiger partial charge in [-0.05, 0) is 42.5 Å². The Balaban J connectivity index is 1.41. The standard InChI is InChI=1S/C26H18N4O4/c31-25-20-8-4-5-9-21(20)26(32)30(25)27-15-18-16-29(19-6-2-1-3-7-19)28-24(18)17-10-11-22-23(14-17)34-13-12-33-22/h1-11,14-16H,12-13H2/b27-15+. The molecule has 0 bridgehead atoms. The largest absolute Gasteiger partial charge is 0.486 e. The summed E-state index contributed by atoms with van der Waals surface area (Å²) in [7, 11) is 0. The first-order chi connectivity index (χ1) is 16.7. The van der Waals surface area contributed by atoms with Crippen LogP contribution in [0.5, 0.6) is 11.5 Å². The number of nitrogens with zero attached hydrogens (tertiary/aromatic N) is 4. The molecule has 8 nitrogen and oxygen atoms in total. The summed E-state index contributed by atoms with van der Waals surface area (Å²) in [6.45, 7) is 0.982. The predicted octanol–water partition coefficient (Wildman–Crippen LogP) is 3.94. The number of amides is 2. The molecule has 2 aliphatic heterocycles. The zero-order valence-electron chi connectivity index (χ0n) is 17.9. The van der Waals surface area contributed by atoms with E-state index >= 15 is 0 Å². The molecule has 3 aromatic carbocycles. The van der Waals surface area contributed by atoms with Gasteiger partial charge in [0, 0.05) is 17.3 Å². The van der Waals surface area contributed by atoms with E-state index in [4.69, 9.17) is 14.6 Å². The van der Waals surface area contributed by atoms with Gasteiger partial charge in [-0.15, -0.1) is 0 Å². The van der Waals surface area contributed by atoms with E-state index in [-0.39, 0.29) is 0 Å². The van der Waals surface area contributed by atoms with Gasteiger partial charge < -0.3 is 9.47 Å². The Hall–Kier alpha value is -4.72. The van der Waals surface area contributed by atoms with Gasteiger partial charge in [-0.3, -0.25) is 9.59 Å². The molecule has 2 amide bonds. The first-order valence-electron chi connectivity index (χ1n) is 10.8. The third-order valence-corrected chi connectivity index (χ3v) is 5.66. The van der Waals surface area contributed by atoms with Crippen molar-refractivity contribution >= 4 is 18.0 Å². The molecule has 0 radical (unpaired) electrons. The van der Waals surface area contributed by atoms with Gasteiger partial charge in [-0.1, -0.05) is 30.3 Å². The van der Waals surface area contributed by atoms with E-state index in [1.165, 1.54) is 6.21 Å². The maximum atomic E-state index is 12.7. The quantitative estimate of drug-likeness (QED) is 0.347. The summed E-state index contributed by atoms with van der Waals surface area (Å²) in [6, 6.07) is 21.9. The van der Waals surface area contributed by atoms with Crippen molar-refractivity contribution in [3.05, 3.63) is 95.7 Å². The first kappa shape index (κ1) is 19.9. The summed E-state index contributed by atoms with van der Waals surface area (Å²) < 4.78 is 13.1. The lowest BCUT2D eigenvalue weighted by molar-refractivity contribution is 0.0660. The molecule has 0 N–H and O–H groups in total. The Labute approximate surface area is 194 Å². The van der Waals surface area contributed by atoms with Crippen molar-refractivity contribution in [2.24, 2.45) is 5.10 Å². The molecule has 0 fully saturated rings. The number of carbonyl (C=O) groups is 2. The van der Waals surface area contributed by atoms with Gasteiger partial charge in [0.25, 0.3) is 11.8 Å². The second-order valence-corrected chi connectivity index (χ2v) is 7.78. The van der Waals surface area contributed by atoms with Crippen LogP contribution in [0, 0.1) is 0 Å². The fraction of sp³-hybridized carbons (Fsp3) is 0.0769. The molecule has 0 aliphatic carbocycles. The van der Waals surface area contributed by atoms with E-state index in [1.54, 1.807) is 28.9 Å². The number of hydrogen-bond donors (Lipinski definition) is 0. The van der Waals surface area contributed by atoms with Crippen molar-refractivity contribution in [1.29, 1.82) is 0 Å². The zero-order valence-corrected chi connectivity index (χ0v) is 17.9. The maximum Gasteiger partial charge on any atom is 0.282 e. The zero-order chi connectivity index (χ0) is 23.1. The van der Waals surface area contributed by atoms with Crippen LogP contribution in [0.3, 0.4) is 0 Å². The highest BCUT2D eigenvalue weighted by atomic mass is 16.6. The van der Waals surface area contributed by atoms with Crippen LogP contribution in [-0.4, -0.2) is 46.0 Å². The summed E-state index contributed by atoms with van der Waals surface area (Å²) in [5.74, 6) is 0.418.